The van der Waals surface area contributed by atoms with Crippen LogP contribution >= 0.6 is 0 Å². The first-order chi connectivity index (χ1) is 14.5. The highest BCUT2D eigenvalue weighted by molar-refractivity contribution is 7.93. The molecule has 1 aliphatic rings. The summed E-state index contributed by atoms with van der Waals surface area (Å²) in [6.07, 6.45) is 2.97. The third-order valence-electron chi connectivity index (χ3n) is 4.96. The Morgan fingerprint density at radius 3 is 2.80 bits per heavy atom. The molecule has 8 heteroatoms. The van der Waals surface area contributed by atoms with Gasteiger partial charge in [-0.1, -0.05) is 24.3 Å². The van der Waals surface area contributed by atoms with Gasteiger partial charge in [-0.05, 0) is 43.2 Å². The summed E-state index contributed by atoms with van der Waals surface area (Å²) in [5.74, 6) is 0.634. The maximum atomic E-state index is 12.5. The lowest BCUT2D eigenvalue weighted by Crippen LogP contribution is -2.27. The zero-order valence-corrected chi connectivity index (χ0v) is 17.3. The van der Waals surface area contributed by atoms with Crippen LogP contribution in [0.4, 0.5) is 5.69 Å². The lowest BCUT2D eigenvalue weighted by atomic mass is 10.2. The molecule has 2 heterocycles. The Bertz CT molecular complexity index is 1160. The Hall–Kier alpha value is -3.13. The van der Waals surface area contributed by atoms with Crippen molar-refractivity contribution in [2.75, 3.05) is 29.8 Å². The topological polar surface area (TPSA) is 88.6 Å². The summed E-state index contributed by atoms with van der Waals surface area (Å²) in [6.45, 7) is 1.35. The second-order valence-corrected chi connectivity index (χ2v) is 9.09. The minimum atomic E-state index is -3.27. The standard InChI is InChI=1S/C22H23N3O4S/c26-22(18-7-1-9-19(16-18)25-13-5-15-30(25,27)28)24-12-4-14-29-20-10-2-6-17-8-3-11-23-21(17)20/h1-3,6-11,16H,4-5,12-15H2,(H,24,26). The van der Waals surface area contributed by atoms with Crippen molar-refractivity contribution < 1.29 is 17.9 Å². The number of anilines is 1. The van der Waals surface area contributed by atoms with Gasteiger partial charge in [0.25, 0.3) is 5.91 Å². The number of amides is 1. The molecular formula is C22H23N3O4S. The monoisotopic (exact) mass is 425 g/mol. The van der Waals surface area contributed by atoms with Crippen LogP contribution in [0.25, 0.3) is 10.9 Å². The molecule has 0 unspecified atom stereocenters. The molecule has 1 aromatic heterocycles. The minimum absolute atomic E-state index is 0.148. The van der Waals surface area contributed by atoms with E-state index < -0.39 is 10.0 Å². The van der Waals surface area contributed by atoms with Crippen molar-refractivity contribution in [2.45, 2.75) is 12.8 Å². The van der Waals surface area contributed by atoms with E-state index >= 15 is 0 Å². The zero-order valence-electron chi connectivity index (χ0n) is 16.5. The van der Waals surface area contributed by atoms with Crippen LogP contribution in [0.1, 0.15) is 23.2 Å². The van der Waals surface area contributed by atoms with Gasteiger partial charge in [0.2, 0.25) is 10.0 Å². The molecule has 1 N–H and O–H groups in total. The smallest absolute Gasteiger partial charge is 0.251 e. The van der Waals surface area contributed by atoms with Crippen LogP contribution in [-0.2, 0) is 10.0 Å². The van der Waals surface area contributed by atoms with Crippen molar-refractivity contribution in [1.29, 1.82) is 0 Å². The molecule has 0 radical (unpaired) electrons. The van der Waals surface area contributed by atoms with E-state index in [2.05, 4.69) is 10.3 Å². The predicted molar refractivity (Wildman–Crippen MR) is 116 cm³/mol. The number of para-hydroxylation sites is 1. The molecule has 2 aromatic carbocycles. The minimum Gasteiger partial charge on any atom is -0.491 e. The van der Waals surface area contributed by atoms with Gasteiger partial charge >= 0.3 is 0 Å². The van der Waals surface area contributed by atoms with Crippen LogP contribution < -0.4 is 14.4 Å². The fourth-order valence-electron chi connectivity index (χ4n) is 3.48. The van der Waals surface area contributed by atoms with Gasteiger partial charge in [0.15, 0.2) is 0 Å². The number of hydrogen-bond acceptors (Lipinski definition) is 5. The number of aromatic nitrogens is 1. The lowest BCUT2D eigenvalue weighted by molar-refractivity contribution is 0.0951. The molecule has 1 aliphatic heterocycles. The van der Waals surface area contributed by atoms with Gasteiger partial charge in [0.1, 0.15) is 11.3 Å². The van der Waals surface area contributed by atoms with Crippen molar-refractivity contribution in [3.8, 4) is 5.75 Å². The SMILES string of the molecule is O=C(NCCCOc1cccc2cccnc12)c1cccc(N2CCCS2(=O)=O)c1. The van der Waals surface area contributed by atoms with Gasteiger partial charge in [-0.25, -0.2) is 8.42 Å². The van der Waals surface area contributed by atoms with E-state index in [1.807, 2.05) is 30.3 Å². The molecule has 1 amide bonds. The van der Waals surface area contributed by atoms with Crippen LogP contribution in [0.2, 0.25) is 0 Å². The third-order valence-corrected chi connectivity index (χ3v) is 6.83. The Labute approximate surface area is 175 Å². The van der Waals surface area contributed by atoms with Crippen LogP contribution in [0.15, 0.2) is 60.8 Å². The number of carbonyl (C=O) groups is 1. The van der Waals surface area contributed by atoms with E-state index in [9.17, 15) is 13.2 Å². The van der Waals surface area contributed by atoms with Gasteiger partial charge in [0.05, 0.1) is 18.0 Å². The second kappa shape index (κ2) is 8.71. The number of pyridine rings is 1. The molecule has 7 nitrogen and oxygen atoms in total. The van der Waals surface area contributed by atoms with E-state index in [-0.39, 0.29) is 11.7 Å². The molecule has 4 rings (SSSR count). The highest BCUT2D eigenvalue weighted by atomic mass is 32.2. The molecule has 3 aromatic rings. The molecule has 156 valence electrons. The van der Waals surface area contributed by atoms with Crippen LogP contribution in [0.3, 0.4) is 0 Å². The Morgan fingerprint density at radius 2 is 1.97 bits per heavy atom. The summed E-state index contributed by atoms with van der Waals surface area (Å²) < 4.78 is 31.4. The average Bonchev–Trinajstić information content (AvgIpc) is 3.12. The lowest BCUT2D eigenvalue weighted by Gasteiger charge is -2.17. The number of benzene rings is 2. The molecule has 0 aliphatic carbocycles. The van der Waals surface area contributed by atoms with Gasteiger partial charge in [0, 0.05) is 30.2 Å². The van der Waals surface area contributed by atoms with Crippen molar-refractivity contribution in [1.82, 2.24) is 10.3 Å². The number of nitrogens with zero attached hydrogens (tertiary/aromatic N) is 2. The van der Waals surface area contributed by atoms with Crippen molar-refractivity contribution in [3.63, 3.8) is 0 Å². The van der Waals surface area contributed by atoms with E-state index in [1.54, 1.807) is 30.5 Å². The van der Waals surface area contributed by atoms with Crippen molar-refractivity contribution >= 4 is 32.5 Å². The van der Waals surface area contributed by atoms with Gasteiger partial charge < -0.3 is 10.1 Å². The number of nitrogens with one attached hydrogen (secondary N) is 1. The molecule has 0 spiro atoms. The van der Waals surface area contributed by atoms with E-state index in [0.717, 1.165) is 16.7 Å². The number of carbonyl (C=O) groups excluding carboxylic acids is 1. The molecule has 30 heavy (non-hydrogen) atoms. The fraction of sp³-hybridized carbons (Fsp3) is 0.273. The van der Waals surface area contributed by atoms with Crippen molar-refractivity contribution in [2.24, 2.45) is 0 Å². The molecule has 0 atom stereocenters. The van der Waals surface area contributed by atoms with Crippen LogP contribution in [-0.4, -0.2) is 44.8 Å². The average molecular weight is 426 g/mol. The number of sulfonamides is 1. The fourth-order valence-corrected chi connectivity index (χ4v) is 5.04. The summed E-state index contributed by atoms with van der Waals surface area (Å²) in [6, 6.07) is 16.4. The van der Waals surface area contributed by atoms with E-state index in [0.29, 0.717) is 43.8 Å². The van der Waals surface area contributed by atoms with E-state index in [4.69, 9.17) is 4.74 Å². The predicted octanol–water partition coefficient (Wildman–Crippen LogP) is 2.97. The molecular weight excluding hydrogens is 402 g/mol. The van der Waals surface area contributed by atoms with Crippen LogP contribution in [0, 0.1) is 0 Å². The number of ether oxygens (including phenoxy) is 1. The number of rotatable bonds is 7. The normalized spacial score (nSPS) is 15.3. The van der Waals surface area contributed by atoms with Crippen LogP contribution in [0.5, 0.6) is 5.75 Å². The first-order valence-corrected chi connectivity index (χ1v) is 11.5. The Morgan fingerprint density at radius 1 is 1.13 bits per heavy atom. The summed E-state index contributed by atoms with van der Waals surface area (Å²) in [5, 5.41) is 3.88. The summed E-state index contributed by atoms with van der Waals surface area (Å²) in [5.41, 5.74) is 1.79. The van der Waals surface area contributed by atoms with Gasteiger partial charge in [-0.15, -0.1) is 0 Å². The molecule has 1 fully saturated rings. The quantitative estimate of drug-likeness (QED) is 0.588. The summed E-state index contributed by atoms with van der Waals surface area (Å²) >= 11 is 0. The first kappa shape index (κ1) is 20.2. The maximum Gasteiger partial charge on any atom is 0.251 e. The summed E-state index contributed by atoms with van der Waals surface area (Å²) in [7, 11) is -3.27. The Kier molecular flexibility index (Phi) is 5.85. The van der Waals surface area contributed by atoms with E-state index in [1.165, 1.54) is 4.31 Å². The molecule has 1 saturated heterocycles. The number of hydrogen-bond donors (Lipinski definition) is 1. The highest BCUT2D eigenvalue weighted by Gasteiger charge is 2.28. The third kappa shape index (κ3) is 4.38. The zero-order chi connectivity index (χ0) is 21.0. The highest BCUT2D eigenvalue weighted by Crippen LogP contribution is 2.25. The first-order valence-electron chi connectivity index (χ1n) is 9.90. The molecule has 0 saturated carbocycles. The van der Waals surface area contributed by atoms with Crippen molar-refractivity contribution in [3.05, 3.63) is 66.4 Å². The van der Waals surface area contributed by atoms with Gasteiger partial charge in [-0.3, -0.25) is 14.1 Å². The molecule has 0 bridgehead atoms. The van der Waals surface area contributed by atoms with Gasteiger partial charge in [-0.2, -0.15) is 0 Å². The second-order valence-electron chi connectivity index (χ2n) is 7.08. The Balaban J connectivity index is 1.30. The maximum absolute atomic E-state index is 12.5. The number of fused-ring (bicyclic) bond motifs is 1. The summed E-state index contributed by atoms with van der Waals surface area (Å²) in [4.78, 5) is 16.8. The largest absolute Gasteiger partial charge is 0.491 e.